The van der Waals surface area contributed by atoms with Gasteiger partial charge in [0, 0.05) is 40.7 Å². The van der Waals surface area contributed by atoms with Crippen LogP contribution in [0.15, 0.2) is 29.2 Å². The molecule has 3 rings (SSSR count). The molecule has 1 amide bonds. The van der Waals surface area contributed by atoms with E-state index in [4.69, 9.17) is 0 Å². The van der Waals surface area contributed by atoms with Gasteiger partial charge < -0.3 is 9.80 Å². The van der Waals surface area contributed by atoms with Gasteiger partial charge in [-0.15, -0.1) is 0 Å². The van der Waals surface area contributed by atoms with Gasteiger partial charge in [0.05, 0.1) is 23.2 Å². The minimum absolute atomic E-state index is 0.0844. The van der Waals surface area contributed by atoms with Crippen molar-refractivity contribution in [2.24, 2.45) is 0 Å². The number of aromatic nitrogens is 2. The minimum Gasteiger partial charge on any atom is -0.363 e. The Kier molecular flexibility index (Phi) is 6.61. The molecule has 0 spiro atoms. The van der Waals surface area contributed by atoms with Crippen molar-refractivity contribution in [3.63, 3.8) is 0 Å². The molecule has 2 heterocycles. The van der Waals surface area contributed by atoms with Crippen molar-refractivity contribution in [1.82, 2.24) is 19.2 Å². The molecule has 1 aromatic heterocycles. The van der Waals surface area contributed by atoms with Crippen LogP contribution < -0.4 is 4.90 Å². The average Bonchev–Trinajstić information content (AvgIpc) is 3.18. The van der Waals surface area contributed by atoms with Gasteiger partial charge in [0.2, 0.25) is 15.9 Å². The van der Waals surface area contributed by atoms with E-state index in [1.807, 2.05) is 19.0 Å². The zero-order valence-corrected chi connectivity index (χ0v) is 19.3. The van der Waals surface area contributed by atoms with Crippen LogP contribution in [0.4, 0.5) is 10.2 Å². The van der Waals surface area contributed by atoms with E-state index in [1.54, 1.807) is 20.0 Å². The number of benzene rings is 1. The highest BCUT2D eigenvalue weighted by molar-refractivity contribution is 7.89. The highest BCUT2D eigenvalue weighted by Crippen LogP contribution is 2.36. The maximum Gasteiger partial charge on any atom is 0.244 e. The number of carbonyl (C=O) groups is 1. The molecule has 2 aromatic rings. The molecule has 1 aliphatic rings. The third-order valence-corrected chi connectivity index (χ3v) is 7.47. The molecule has 10 heteroatoms. The molecular weight excluding hydrogens is 421 g/mol. The zero-order valence-electron chi connectivity index (χ0n) is 18.5. The van der Waals surface area contributed by atoms with Crippen LogP contribution in [0.3, 0.4) is 0 Å². The molecule has 0 radical (unpaired) electrons. The maximum atomic E-state index is 13.5. The van der Waals surface area contributed by atoms with Crippen LogP contribution in [0.1, 0.15) is 42.9 Å². The minimum atomic E-state index is -3.86. The van der Waals surface area contributed by atoms with Crippen LogP contribution >= 0.6 is 0 Å². The number of halogens is 1. The number of carbonyl (C=O) groups excluding carboxylic acids is 1. The monoisotopic (exact) mass is 449 g/mol. The lowest BCUT2D eigenvalue weighted by Crippen LogP contribution is -2.33. The van der Waals surface area contributed by atoms with Crippen LogP contribution in [0.25, 0.3) is 0 Å². The molecule has 0 N–H and O–H groups in total. The number of nitrogens with zero attached hydrogens (tertiary/aromatic N) is 5. The smallest absolute Gasteiger partial charge is 0.244 e. The molecule has 0 saturated carbocycles. The second-order valence-electron chi connectivity index (χ2n) is 8.03. The quantitative estimate of drug-likeness (QED) is 0.674. The number of aryl methyl sites for hydroxylation is 1. The second kappa shape index (κ2) is 8.88. The molecule has 31 heavy (non-hydrogen) atoms. The van der Waals surface area contributed by atoms with E-state index in [0.717, 1.165) is 6.07 Å². The van der Waals surface area contributed by atoms with Gasteiger partial charge in [0.1, 0.15) is 17.5 Å². The fourth-order valence-corrected chi connectivity index (χ4v) is 5.49. The number of anilines is 1. The maximum absolute atomic E-state index is 13.5. The Morgan fingerprint density at radius 1 is 1.23 bits per heavy atom. The van der Waals surface area contributed by atoms with Crippen molar-refractivity contribution in [2.45, 2.75) is 44.2 Å². The van der Waals surface area contributed by atoms with Crippen molar-refractivity contribution >= 4 is 21.7 Å². The molecule has 8 nitrogen and oxygen atoms in total. The predicted octanol–water partition coefficient (Wildman–Crippen LogP) is 2.49. The standard InChI is InChI=1S/C21H28FN5O3S/c1-14-11-16(22)8-9-19(14)31(29,30)27-10-6-7-18(27)21-23-17(13-26(5)15(2)28)12-20(24-21)25(3)4/h8-9,11-12,18H,6-7,10,13H2,1-5H3. The number of hydrogen-bond donors (Lipinski definition) is 0. The Balaban J connectivity index is 2.02. The van der Waals surface area contributed by atoms with Crippen molar-refractivity contribution in [3.05, 3.63) is 47.2 Å². The van der Waals surface area contributed by atoms with Gasteiger partial charge in [-0.2, -0.15) is 4.31 Å². The highest BCUT2D eigenvalue weighted by atomic mass is 32.2. The van der Waals surface area contributed by atoms with Gasteiger partial charge >= 0.3 is 0 Å². The van der Waals surface area contributed by atoms with Crippen LogP contribution in [-0.2, 0) is 21.4 Å². The second-order valence-corrected chi connectivity index (χ2v) is 9.89. The lowest BCUT2D eigenvalue weighted by Gasteiger charge is -2.25. The number of sulfonamides is 1. The first-order chi connectivity index (χ1) is 14.5. The summed E-state index contributed by atoms with van der Waals surface area (Å²) in [5.74, 6) is 0.470. The Labute approximate surface area is 182 Å². The Bertz CT molecular complexity index is 1090. The molecule has 0 aliphatic carbocycles. The summed E-state index contributed by atoms with van der Waals surface area (Å²) in [4.78, 5) is 24.3. The SMILES string of the molecule is CC(=O)N(C)Cc1cc(N(C)C)nc(C2CCCN2S(=O)(=O)c2ccc(F)cc2C)n1. The molecule has 1 aliphatic heterocycles. The first kappa shape index (κ1) is 23.1. The largest absolute Gasteiger partial charge is 0.363 e. The van der Waals surface area contributed by atoms with Crippen molar-refractivity contribution < 1.29 is 17.6 Å². The van der Waals surface area contributed by atoms with Gasteiger partial charge in [-0.25, -0.2) is 22.8 Å². The van der Waals surface area contributed by atoms with E-state index in [9.17, 15) is 17.6 Å². The first-order valence-corrected chi connectivity index (χ1v) is 11.5. The summed E-state index contributed by atoms with van der Waals surface area (Å²) in [6.45, 7) is 3.69. The molecular formula is C21H28FN5O3S. The number of amides is 1. The zero-order chi connectivity index (χ0) is 22.9. The van der Waals surface area contributed by atoms with E-state index in [-0.39, 0.29) is 10.8 Å². The molecule has 1 saturated heterocycles. The van der Waals surface area contributed by atoms with Crippen LogP contribution in [0, 0.1) is 12.7 Å². The predicted molar refractivity (Wildman–Crippen MR) is 116 cm³/mol. The third kappa shape index (κ3) is 4.85. The molecule has 1 unspecified atom stereocenters. The van der Waals surface area contributed by atoms with Gasteiger partial charge in [0.15, 0.2) is 0 Å². The van der Waals surface area contributed by atoms with E-state index in [0.29, 0.717) is 48.8 Å². The molecule has 1 aromatic carbocycles. The summed E-state index contributed by atoms with van der Waals surface area (Å²) >= 11 is 0. The average molecular weight is 450 g/mol. The Hall–Kier alpha value is -2.59. The summed E-state index contributed by atoms with van der Waals surface area (Å²) in [5, 5.41) is 0. The summed E-state index contributed by atoms with van der Waals surface area (Å²) in [5.41, 5.74) is 0.992. The van der Waals surface area contributed by atoms with Crippen LogP contribution in [0.2, 0.25) is 0 Å². The highest BCUT2D eigenvalue weighted by Gasteiger charge is 2.39. The van der Waals surface area contributed by atoms with Gasteiger partial charge in [-0.3, -0.25) is 4.79 Å². The van der Waals surface area contributed by atoms with Gasteiger partial charge in [-0.1, -0.05) is 0 Å². The summed E-state index contributed by atoms with van der Waals surface area (Å²) in [6.07, 6.45) is 1.25. The molecule has 168 valence electrons. The van der Waals surface area contributed by atoms with Gasteiger partial charge in [-0.05, 0) is 43.5 Å². The molecule has 1 atom stereocenters. The lowest BCUT2D eigenvalue weighted by molar-refractivity contribution is -0.128. The Morgan fingerprint density at radius 2 is 1.94 bits per heavy atom. The van der Waals surface area contributed by atoms with Crippen molar-refractivity contribution in [1.29, 1.82) is 0 Å². The molecule has 0 bridgehead atoms. The van der Waals surface area contributed by atoms with E-state index in [1.165, 1.54) is 28.3 Å². The lowest BCUT2D eigenvalue weighted by atomic mass is 10.2. The Morgan fingerprint density at radius 3 is 2.55 bits per heavy atom. The fourth-order valence-electron chi connectivity index (χ4n) is 3.63. The summed E-state index contributed by atoms with van der Waals surface area (Å²) < 4.78 is 41.7. The van der Waals surface area contributed by atoms with E-state index in [2.05, 4.69) is 9.97 Å². The molecule has 1 fully saturated rings. The summed E-state index contributed by atoms with van der Waals surface area (Å²) in [6, 6.07) is 4.94. The number of hydrogen-bond acceptors (Lipinski definition) is 6. The first-order valence-electron chi connectivity index (χ1n) is 10.1. The van der Waals surface area contributed by atoms with E-state index < -0.39 is 21.9 Å². The van der Waals surface area contributed by atoms with Crippen molar-refractivity contribution in [2.75, 3.05) is 32.6 Å². The third-order valence-electron chi connectivity index (χ3n) is 5.40. The summed E-state index contributed by atoms with van der Waals surface area (Å²) in [7, 11) is 1.51. The normalized spacial score (nSPS) is 17.0. The van der Waals surface area contributed by atoms with E-state index >= 15 is 0 Å². The van der Waals surface area contributed by atoms with Gasteiger partial charge in [0.25, 0.3) is 0 Å². The fraction of sp³-hybridized carbons (Fsp3) is 0.476. The number of rotatable bonds is 6. The van der Waals surface area contributed by atoms with Crippen LogP contribution in [0.5, 0.6) is 0 Å². The topological polar surface area (TPSA) is 86.7 Å². The van der Waals surface area contributed by atoms with Crippen LogP contribution in [-0.4, -0.2) is 61.2 Å². The van der Waals surface area contributed by atoms with Crippen molar-refractivity contribution in [3.8, 4) is 0 Å².